The monoisotopic (exact) mass is 309 g/mol. The molecular formula is C19H23N3O. The van der Waals surface area contributed by atoms with E-state index >= 15 is 0 Å². The van der Waals surface area contributed by atoms with Crippen LogP contribution in [0, 0.1) is 23.2 Å². The Morgan fingerprint density at radius 3 is 2.74 bits per heavy atom. The molecule has 1 amide bonds. The molecule has 1 aromatic carbocycles. The molecule has 1 aromatic rings. The second kappa shape index (κ2) is 5.98. The van der Waals surface area contributed by atoms with E-state index in [-0.39, 0.29) is 5.92 Å². The average Bonchev–Trinajstić information content (AvgIpc) is 3.39. The Balaban J connectivity index is 1.51. The van der Waals surface area contributed by atoms with Gasteiger partial charge in [0, 0.05) is 32.2 Å². The molecular weight excluding hydrogens is 286 g/mol. The summed E-state index contributed by atoms with van der Waals surface area (Å²) < 4.78 is 0. The molecule has 4 nitrogen and oxygen atoms in total. The fourth-order valence-electron chi connectivity index (χ4n) is 4.09. The first-order chi connectivity index (χ1) is 11.2. The summed E-state index contributed by atoms with van der Waals surface area (Å²) in [5, 5.41) is 9.28. The highest BCUT2D eigenvalue weighted by Gasteiger charge is 2.42. The quantitative estimate of drug-likeness (QED) is 0.858. The summed E-state index contributed by atoms with van der Waals surface area (Å²) in [6.07, 6.45) is 4.75. The highest BCUT2D eigenvalue weighted by molar-refractivity contribution is 5.80. The van der Waals surface area contributed by atoms with Crippen molar-refractivity contribution in [1.29, 1.82) is 5.26 Å². The first-order valence-corrected chi connectivity index (χ1v) is 8.75. The number of nitriles is 1. The highest BCUT2D eigenvalue weighted by atomic mass is 16.2. The van der Waals surface area contributed by atoms with Crippen LogP contribution in [0.3, 0.4) is 0 Å². The zero-order valence-corrected chi connectivity index (χ0v) is 13.4. The molecule has 5 rings (SSSR count). The molecule has 2 bridgehead atoms. The lowest BCUT2D eigenvalue weighted by Crippen LogP contribution is -2.48. The van der Waals surface area contributed by atoms with Crippen LogP contribution in [0.25, 0.3) is 0 Å². The predicted molar refractivity (Wildman–Crippen MR) is 87.4 cm³/mol. The van der Waals surface area contributed by atoms with Crippen LogP contribution in [0.1, 0.15) is 36.8 Å². The number of hydrogen-bond donors (Lipinski definition) is 0. The van der Waals surface area contributed by atoms with Crippen molar-refractivity contribution in [3.05, 3.63) is 35.4 Å². The molecule has 1 aliphatic carbocycles. The van der Waals surface area contributed by atoms with E-state index in [0.29, 0.717) is 11.9 Å². The minimum Gasteiger partial charge on any atom is -0.338 e. The summed E-state index contributed by atoms with van der Waals surface area (Å²) in [5.41, 5.74) is 1.84. The number of nitrogens with zero attached hydrogens (tertiary/aromatic N) is 3. The van der Waals surface area contributed by atoms with Crippen LogP contribution < -0.4 is 0 Å². The van der Waals surface area contributed by atoms with Crippen molar-refractivity contribution >= 4 is 5.91 Å². The van der Waals surface area contributed by atoms with Gasteiger partial charge in [-0.3, -0.25) is 9.69 Å². The maximum Gasteiger partial charge on any atom is 0.227 e. The van der Waals surface area contributed by atoms with Crippen molar-refractivity contribution < 1.29 is 4.79 Å². The summed E-state index contributed by atoms with van der Waals surface area (Å²) >= 11 is 0. The Bertz CT molecular complexity index is 646. The third kappa shape index (κ3) is 2.98. The van der Waals surface area contributed by atoms with E-state index in [1.807, 2.05) is 24.3 Å². The van der Waals surface area contributed by atoms with Crippen LogP contribution in [-0.2, 0) is 11.3 Å². The minimum atomic E-state index is 0.154. The van der Waals surface area contributed by atoms with E-state index < -0.39 is 0 Å². The molecule has 1 saturated carbocycles. The average molecular weight is 309 g/mol. The molecule has 3 aliphatic heterocycles. The van der Waals surface area contributed by atoms with E-state index in [2.05, 4.69) is 15.9 Å². The lowest BCUT2D eigenvalue weighted by atomic mass is 9.94. The molecule has 0 radical (unpaired) electrons. The molecule has 3 heterocycles. The van der Waals surface area contributed by atoms with Crippen molar-refractivity contribution in [3.8, 4) is 6.07 Å². The topological polar surface area (TPSA) is 47.3 Å². The number of benzene rings is 1. The fraction of sp³-hybridized carbons (Fsp3) is 0.579. The highest BCUT2D eigenvalue weighted by Crippen LogP contribution is 2.35. The SMILES string of the molecule is N#Cc1ccccc1CN1C[C@H]2CC[C@@H](C1)N(CC1CC1)C2=O. The zero-order chi connectivity index (χ0) is 15.8. The summed E-state index contributed by atoms with van der Waals surface area (Å²) in [6, 6.07) is 10.5. The van der Waals surface area contributed by atoms with Gasteiger partial charge in [-0.05, 0) is 43.2 Å². The summed E-state index contributed by atoms with van der Waals surface area (Å²) in [5.74, 6) is 1.29. The van der Waals surface area contributed by atoms with Gasteiger partial charge in [0.2, 0.25) is 5.91 Å². The Kier molecular flexibility index (Phi) is 3.82. The van der Waals surface area contributed by atoms with Crippen molar-refractivity contribution in [2.24, 2.45) is 11.8 Å². The molecule has 0 unspecified atom stereocenters. The van der Waals surface area contributed by atoms with Gasteiger partial charge in [0.05, 0.1) is 17.6 Å². The smallest absolute Gasteiger partial charge is 0.227 e. The van der Waals surface area contributed by atoms with Crippen molar-refractivity contribution in [3.63, 3.8) is 0 Å². The maximum atomic E-state index is 12.7. The fourth-order valence-corrected chi connectivity index (χ4v) is 4.09. The van der Waals surface area contributed by atoms with E-state index in [0.717, 1.165) is 56.1 Å². The van der Waals surface area contributed by atoms with Crippen molar-refractivity contribution in [2.75, 3.05) is 19.6 Å². The molecule has 0 N–H and O–H groups in total. The molecule has 120 valence electrons. The van der Waals surface area contributed by atoms with Gasteiger partial charge in [0.1, 0.15) is 0 Å². The molecule has 2 atom stereocenters. The molecule has 0 aromatic heterocycles. The predicted octanol–water partition coefficient (Wildman–Crippen LogP) is 2.39. The number of hydrogen-bond acceptors (Lipinski definition) is 3. The van der Waals surface area contributed by atoms with E-state index in [4.69, 9.17) is 0 Å². The Morgan fingerprint density at radius 1 is 1.13 bits per heavy atom. The van der Waals surface area contributed by atoms with E-state index in [1.165, 1.54) is 12.8 Å². The van der Waals surface area contributed by atoms with Gasteiger partial charge < -0.3 is 4.90 Å². The van der Waals surface area contributed by atoms with Crippen molar-refractivity contribution in [1.82, 2.24) is 9.80 Å². The zero-order valence-electron chi connectivity index (χ0n) is 13.4. The van der Waals surface area contributed by atoms with Crippen LogP contribution >= 0.6 is 0 Å². The third-order valence-corrected chi connectivity index (χ3v) is 5.55. The van der Waals surface area contributed by atoms with Gasteiger partial charge >= 0.3 is 0 Å². The number of carbonyl (C=O) groups is 1. The largest absolute Gasteiger partial charge is 0.338 e. The minimum absolute atomic E-state index is 0.154. The second-order valence-corrected chi connectivity index (χ2v) is 7.33. The number of fused-ring (bicyclic) bond motifs is 4. The first kappa shape index (κ1) is 14.7. The Morgan fingerprint density at radius 2 is 1.96 bits per heavy atom. The molecule has 4 aliphatic rings. The van der Waals surface area contributed by atoms with Gasteiger partial charge in [0.25, 0.3) is 0 Å². The van der Waals surface area contributed by atoms with Crippen LogP contribution in [0.4, 0.5) is 0 Å². The number of piperidine rings is 1. The second-order valence-electron chi connectivity index (χ2n) is 7.33. The summed E-state index contributed by atoms with van der Waals surface area (Å²) in [6.45, 7) is 3.55. The molecule has 4 heteroatoms. The number of amides is 1. The lowest BCUT2D eigenvalue weighted by Gasteiger charge is -2.36. The summed E-state index contributed by atoms with van der Waals surface area (Å²) in [4.78, 5) is 17.3. The Labute approximate surface area is 137 Å². The maximum absolute atomic E-state index is 12.7. The molecule has 3 saturated heterocycles. The van der Waals surface area contributed by atoms with Crippen LogP contribution in [0.2, 0.25) is 0 Å². The van der Waals surface area contributed by atoms with E-state index in [1.54, 1.807) is 0 Å². The number of carbonyl (C=O) groups excluding carboxylic acids is 1. The van der Waals surface area contributed by atoms with Crippen LogP contribution in [0.5, 0.6) is 0 Å². The van der Waals surface area contributed by atoms with E-state index in [9.17, 15) is 10.1 Å². The van der Waals surface area contributed by atoms with Crippen LogP contribution in [0.15, 0.2) is 24.3 Å². The normalized spacial score (nSPS) is 27.8. The molecule has 23 heavy (non-hydrogen) atoms. The first-order valence-electron chi connectivity index (χ1n) is 8.75. The lowest BCUT2D eigenvalue weighted by molar-refractivity contribution is -0.140. The summed E-state index contributed by atoms with van der Waals surface area (Å²) in [7, 11) is 0. The van der Waals surface area contributed by atoms with Gasteiger partial charge in [-0.25, -0.2) is 0 Å². The number of rotatable bonds is 4. The third-order valence-electron chi connectivity index (χ3n) is 5.55. The van der Waals surface area contributed by atoms with Gasteiger partial charge in [0.15, 0.2) is 0 Å². The standard InChI is InChI=1S/C19H23N3O/c20-9-15-3-1-2-4-16(15)11-21-12-17-7-8-18(13-21)22(19(17)23)10-14-5-6-14/h1-4,14,17-18H,5-8,10-13H2/t17-,18+/m1/s1. The van der Waals surface area contributed by atoms with Gasteiger partial charge in [-0.2, -0.15) is 5.26 Å². The molecule has 4 fully saturated rings. The van der Waals surface area contributed by atoms with Gasteiger partial charge in [-0.15, -0.1) is 0 Å². The molecule has 0 spiro atoms. The van der Waals surface area contributed by atoms with Gasteiger partial charge in [-0.1, -0.05) is 18.2 Å². The van der Waals surface area contributed by atoms with Crippen LogP contribution in [-0.4, -0.2) is 41.4 Å². The van der Waals surface area contributed by atoms with Crippen molar-refractivity contribution in [2.45, 2.75) is 38.3 Å². The Hall–Kier alpha value is -1.86.